The lowest BCUT2D eigenvalue weighted by atomic mass is 9.54. The summed E-state index contributed by atoms with van der Waals surface area (Å²) in [6.07, 6.45) is 8.49. The lowest BCUT2D eigenvalue weighted by Crippen LogP contribution is -2.55. The minimum absolute atomic E-state index is 0.0503. The van der Waals surface area contributed by atoms with E-state index < -0.39 is 0 Å². The molecule has 4 aliphatic carbocycles. The first-order valence-electron chi connectivity index (χ1n) is 8.55. The summed E-state index contributed by atoms with van der Waals surface area (Å²) < 4.78 is 0. The van der Waals surface area contributed by atoms with Crippen molar-refractivity contribution in [3.63, 3.8) is 0 Å². The Bertz CT molecular complexity index is 555. The highest BCUT2D eigenvalue weighted by molar-refractivity contribution is 5.99. The van der Waals surface area contributed by atoms with Crippen molar-refractivity contribution in [3.05, 3.63) is 23.9 Å². The largest absolute Gasteiger partial charge is 0.362 e. The van der Waals surface area contributed by atoms with Crippen LogP contribution in [0.25, 0.3) is 0 Å². The summed E-state index contributed by atoms with van der Waals surface area (Å²) in [4.78, 5) is 19.0. The molecule has 0 saturated heterocycles. The van der Waals surface area contributed by atoms with Crippen molar-refractivity contribution in [3.8, 4) is 0 Å². The summed E-state index contributed by atoms with van der Waals surface area (Å²) in [6, 6.07) is 4.11. The molecule has 22 heavy (non-hydrogen) atoms. The van der Waals surface area contributed by atoms with Gasteiger partial charge in [0.2, 0.25) is 0 Å². The van der Waals surface area contributed by atoms with E-state index in [9.17, 15) is 4.79 Å². The zero-order valence-corrected chi connectivity index (χ0v) is 13.5. The predicted octanol–water partition coefficient (Wildman–Crippen LogP) is 2.70. The van der Waals surface area contributed by atoms with Crippen LogP contribution in [0.5, 0.6) is 0 Å². The summed E-state index contributed by atoms with van der Waals surface area (Å²) in [5.74, 6) is 4.09. The Kier molecular flexibility index (Phi) is 3.35. The minimum atomic E-state index is 0.0503. The minimum Gasteiger partial charge on any atom is -0.362 e. The number of rotatable bonds is 3. The zero-order valence-electron chi connectivity index (χ0n) is 13.5. The average molecular weight is 299 g/mol. The molecule has 4 aliphatic rings. The van der Waals surface area contributed by atoms with Gasteiger partial charge in [-0.25, -0.2) is 4.98 Å². The van der Waals surface area contributed by atoms with Gasteiger partial charge in [0.1, 0.15) is 5.82 Å². The van der Waals surface area contributed by atoms with Crippen LogP contribution in [0.15, 0.2) is 18.3 Å². The van der Waals surface area contributed by atoms with Crippen molar-refractivity contribution >= 4 is 11.7 Å². The van der Waals surface area contributed by atoms with E-state index in [4.69, 9.17) is 0 Å². The summed E-state index contributed by atoms with van der Waals surface area (Å²) >= 11 is 0. The van der Waals surface area contributed by atoms with Gasteiger partial charge in [0.05, 0.1) is 5.56 Å². The molecule has 4 fully saturated rings. The van der Waals surface area contributed by atoms with Gasteiger partial charge in [-0.1, -0.05) is 0 Å². The number of carbonyl (C=O) groups is 1. The molecule has 1 N–H and O–H groups in total. The predicted molar refractivity (Wildman–Crippen MR) is 86.9 cm³/mol. The van der Waals surface area contributed by atoms with Gasteiger partial charge >= 0.3 is 0 Å². The third-order valence-electron chi connectivity index (χ3n) is 5.98. The Labute approximate surface area is 132 Å². The van der Waals surface area contributed by atoms with Crippen LogP contribution in [0, 0.1) is 23.7 Å². The number of carbonyl (C=O) groups excluding carboxylic acids is 1. The number of pyridine rings is 1. The van der Waals surface area contributed by atoms with Gasteiger partial charge in [-0.15, -0.1) is 0 Å². The molecule has 0 aromatic carbocycles. The fraction of sp³-hybridized carbons (Fsp3) is 0.667. The fourth-order valence-corrected chi connectivity index (χ4v) is 5.32. The van der Waals surface area contributed by atoms with E-state index in [2.05, 4.69) is 10.3 Å². The molecule has 0 aliphatic heterocycles. The Morgan fingerprint density at radius 3 is 2.36 bits per heavy atom. The standard InChI is InChI=1S/C18H25N3O/c1-21(2)17-15(4-3-5-19-17)18(22)20-16-13-7-11-6-12(9-13)10-14(16)8-11/h3-5,11-14,16H,6-10H2,1-2H3,(H,20,22). The van der Waals surface area contributed by atoms with Gasteiger partial charge in [-0.2, -0.15) is 0 Å². The number of amides is 1. The SMILES string of the molecule is CN(C)c1ncccc1C(=O)NC1C2CC3CC(C2)CC1C3. The zero-order chi connectivity index (χ0) is 15.3. The molecule has 1 heterocycles. The van der Waals surface area contributed by atoms with E-state index in [1.54, 1.807) is 6.20 Å². The third kappa shape index (κ3) is 2.29. The molecule has 4 bridgehead atoms. The van der Waals surface area contributed by atoms with Gasteiger partial charge in [0.25, 0.3) is 5.91 Å². The fourth-order valence-electron chi connectivity index (χ4n) is 5.32. The molecule has 1 amide bonds. The molecule has 5 rings (SSSR count). The van der Waals surface area contributed by atoms with Crippen LogP contribution in [0.2, 0.25) is 0 Å². The number of aromatic nitrogens is 1. The van der Waals surface area contributed by atoms with Crippen molar-refractivity contribution in [2.45, 2.75) is 38.1 Å². The highest BCUT2D eigenvalue weighted by atomic mass is 16.1. The lowest BCUT2D eigenvalue weighted by molar-refractivity contribution is -0.0119. The van der Waals surface area contributed by atoms with E-state index in [1.807, 2.05) is 31.1 Å². The van der Waals surface area contributed by atoms with Crippen LogP contribution < -0.4 is 10.2 Å². The first-order chi connectivity index (χ1) is 10.6. The number of nitrogens with zero attached hydrogens (tertiary/aromatic N) is 2. The monoisotopic (exact) mass is 299 g/mol. The van der Waals surface area contributed by atoms with Crippen molar-refractivity contribution in [1.82, 2.24) is 10.3 Å². The first-order valence-corrected chi connectivity index (χ1v) is 8.55. The van der Waals surface area contributed by atoms with E-state index in [1.165, 1.54) is 32.1 Å². The third-order valence-corrected chi connectivity index (χ3v) is 5.98. The highest BCUT2D eigenvalue weighted by Gasteiger charge is 2.48. The topological polar surface area (TPSA) is 45.2 Å². The summed E-state index contributed by atoms with van der Waals surface area (Å²) in [6.45, 7) is 0. The van der Waals surface area contributed by atoms with Gasteiger partial charge < -0.3 is 10.2 Å². The molecule has 1 aromatic heterocycles. The van der Waals surface area contributed by atoms with E-state index in [0.29, 0.717) is 23.4 Å². The molecule has 4 heteroatoms. The molecular weight excluding hydrogens is 274 g/mol. The quantitative estimate of drug-likeness (QED) is 0.933. The second-order valence-electron chi connectivity index (χ2n) is 7.70. The smallest absolute Gasteiger partial charge is 0.255 e. The van der Waals surface area contributed by atoms with Crippen LogP contribution in [0.1, 0.15) is 42.5 Å². The van der Waals surface area contributed by atoms with Gasteiger partial charge in [-0.05, 0) is 67.9 Å². The Morgan fingerprint density at radius 1 is 1.14 bits per heavy atom. The molecule has 1 aromatic rings. The normalized spacial score (nSPS) is 35.5. The second-order valence-corrected chi connectivity index (χ2v) is 7.70. The molecular formula is C18H25N3O. The van der Waals surface area contributed by atoms with Crippen molar-refractivity contribution in [2.75, 3.05) is 19.0 Å². The summed E-state index contributed by atoms with van der Waals surface area (Å²) in [7, 11) is 3.87. The maximum Gasteiger partial charge on any atom is 0.255 e. The Morgan fingerprint density at radius 2 is 1.77 bits per heavy atom. The molecule has 4 nitrogen and oxygen atoms in total. The van der Waals surface area contributed by atoms with Gasteiger partial charge in [0.15, 0.2) is 0 Å². The number of anilines is 1. The molecule has 118 valence electrons. The number of hydrogen-bond donors (Lipinski definition) is 1. The number of hydrogen-bond acceptors (Lipinski definition) is 3. The van der Waals surface area contributed by atoms with Crippen LogP contribution in [-0.4, -0.2) is 31.0 Å². The first kappa shape index (κ1) is 14.0. The van der Waals surface area contributed by atoms with Crippen LogP contribution in [0.4, 0.5) is 5.82 Å². The van der Waals surface area contributed by atoms with Crippen molar-refractivity contribution < 1.29 is 4.79 Å². The van der Waals surface area contributed by atoms with E-state index in [-0.39, 0.29) is 5.91 Å². The molecule has 0 radical (unpaired) electrons. The van der Waals surface area contributed by atoms with Crippen LogP contribution in [-0.2, 0) is 0 Å². The Hall–Kier alpha value is -1.58. The van der Waals surface area contributed by atoms with Crippen LogP contribution >= 0.6 is 0 Å². The van der Waals surface area contributed by atoms with E-state index >= 15 is 0 Å². The molecule has 4 saturated carbocycles. The second kappa shape index (κ2) is 5.25. The molecule has 0 atom stereocenters. The van der Waals surface area contributed by atoms with Gasteiger partial charge in [0, 0.05) is 26.3 Å². The Balaban J connectivity index is 1.53. The van der Waals surface area contributed by atoms with Crippen molar-refractivity contribution in [1.29, 1.82) is 0 Å². The molecule has 0 unspecified atom stereocenters. The average Bonchev–Trinajstić information content (AvgIpc) is 2.50. The van der Waals surface area contributed by atoms with Gasteiger partial charge in [-0.3, -0.25) is 4.79 Å². The van der Waals surface area contributed by atoms with Crippen LogP contribution in [0.3, 0.4) is 0 Å². The summed E-state index contributed by atoms with van der Waals surface area (Å²) in [5.41, 5.74) is 0.696. The number of nitrogens with one attached hydrogen (secondary N) is 1. The highest BCUT2D eigenvalue weighted by Crippen LogP contribution is 2.53. The van der Waals surface area contributed by atoms with Crippen molar-refractivity contribution in [2.24, 2.45) is 23.7 Å². The van der Waals surface area contributed by atoms with E-state index in [0.717, 1.165) is 17.7 Å². The molecule has 0 spiro atoms. The summed E-state index contributed by atoms with van der Waals surface area (Å²) in [5, 5.41) is 3.37. The maximum atomic E-state index is 12.8. The maximum absolute atomic E-state index is 12.8. The lowest BCUT2D eigenvalue weighted by Gasteiger charge is -2.54.